The van der Waals surface area contributed by atoms with Crippen LogP contribution in [0.3, 0.4) is 0 Å². The van der Waals surface area contributed by atoms with Crippen molar-refractivity contribution in [2.75, 3.05) is 0 Å². The monoisotopic (exact) mass is 612 g/mol. The summed E-state index contributed by atoms with van der Waals surface area (Å²) in [6.45, 7) is 4.45. The summed E-state index contributed by atoms with van der Waals surface area (Å²) in [7, 11) is 0. The van der Waals surface area contributed by atoms with Gasteiger partial charge in [0, 0.05) is 5.92 Å². The maximum atomic E-state index is 7.23. The molecule has 0 saturated carbocycles. The third-order valence-electron chi connectivity index (χ3n) is 10.6. The van der Waals surface area contributed by atoms with Crippen LogP contribution in [0.1, 0.15) is 80.9 Å². The first-order valence-corrected chi connectivity index (χ1v) is 17.8. The van der Waals surface area contributed by atoms with Crippen molar-refractivity contribution in [3.63, 3.8) is 0 Å². The van der Waals surface area contributed by atoms with Gasteiger partial charge in [-0.2, -0.15) is 0 Å². The maximum Gasteiger partial charge on any atom is 0.119 e. The maximum absolute atomic E-state index is 7.23. The molecule has 0 bridgehead atoms. The lowest BCUT2D eigenvalue weighted by atomic mass is 9.82. The number of fused-ring (bicyclic) bond motifs is 13. The summed E-state index contributed by atoms with van der Waals surface area (Å²) >= 11 is 0. The van der Waals surface area contributed by atoms with E-state index < -0.39 is 0 Å². The van der Waals surface area contributed by atoms with Crippen LogP contribution in [0.15, 0.2) is 121 Å². The van der Waals surface area contributed by atoms with Crippen LogP contribution in [0.25, 0.3) is 54.2 Å². The largest absolute Gasteiger partial charge is 0.489 e. The molecule has 0 radical (unpaired) electrons. The molecule has 7 aromatic carbocycles. The highest BCUT2D eigenvalue weighted by atomic mass is 16.5. The third-order valence-corrected chi connectivity index (χ3v) is 10.6. The number of hydrogen-bond acceptors (Lipinski definition) is 1. The zero-order valence-corrected chi connectivity index (χ0v) is 27.8. The van der Waals surface area contributed by atoms with E-state index in [-0.39, 0.29) is 12.0 Å². The molecule has 234 valence electrons. The van der Waals surface area contributed by atoms with Crippen molar-refractivity contribution in [3.05, 3.63) is 138 Å². The Kier molecular flexibility index (Phi) is 8.16. The van der Waals surface area contributed by atoms with Crippen LogP contribution in [0.2, 0.25) is 0 Å². The molecule has 1 heteroatoms. The van der Waals surface area contributed by atoms with E-state index in [0.29, 0.717) is 0 Å². The van der Waals surface area contributed by atoms with Crippen molar-refractivity contribution >= 4 is 43.1 Å². The number of benzene rings is 7. The molecule has 7 aromatic rings. The van der Waals surface area contributed by atoms with Gasteiger partial charge in [-0.05, 0) is 97.2 Å². The van der Waals surface area contributed by atoms with Crippen molar-refractivity contribution in [2.45, 2.75) is 77.2 Å². The predicted octanol–water partition coefficient (Wildman–Crippen LogP) is 13.3. The molecule has 8 rings (SSSR count). The van der Waals surface area contributed by atoms with Gasteiger partial charge in [-0.1, -0.05) is 160 Å². The van der Waals surface area contributed by atoms with Gasteiger partial charge in [-0.25, -0.2) is 0 Å². The van der Waals surface area contributed by atoms with Crippen LogP contribution in [0, 0.1) is 6.92 Å². The van der Waals surface area contributed by atoms with Gasteiger partial charge < -0.3 is 4.74 Å². The number of ether oxygens (including phenoxy) is 1. The molecular formula is C46H44O. The number of unbranched alkanes of at least 4 members (excludes halogenated alkanes) is 6. The lowest BCUT2D eigenvalue weighted by Crippen LogP contribution is -2.26. The summed E-state index contributed by atoms with van der Waals surface area (Å²) in [6, 6.07) is 45.0. The van der Waals surface area contributed by atoms with Gasteiger partial charge in [-0.15, -0.1) is 0 Å². The van der Waals surface area contributed by atoms with Gasteiger partial charge in [0.15, 0.2) is 0 Å². The lowest BCUT2D eigenvalue weighted by molar-refractivity contribution is 0.171. The first kappa shape index (κ1) is 29.8. The second-order valence-corrected chi connectivity index (χ2v) is 13.6. The Balaban J connectivity index is 1.39. The molecule has 0 fully saturated rings. The quantitative estimate of drug-likeness (QED) is 0.104. The molecule has 1 nitrogen and oxygen atoms in total. The summed E-state index contributed by atoms with van der Waals surface area (Å²) < 4.78 is 7.23. The van der Waals surface area contributed by atoms with Crippen molar-refractivity contribution in [2.24, 2.45) is 0 Å². The van der Waals surface area contributed by atoms with Crippen LogP contribution < -0.4 is 4.74 Å². The van der Waals surface area contributed by atoms with E-state index in [0.717, 1.165) is 12.2 Å². The molecule has 0 heterocycles. The molecule has 47 heavy (non-hydrogen) atoms. The fourth-order valence-electron chi connectivity index (χ4n) is 8.43. The minimum atomic E-state index is 0.00230. The minimum absolute atomic E-state index is 0.00230. The highest BCUT2D eigenvalue weighted by Gasteiger charge is 2.40. The standard InChI is InChI=1S/C46H44O/c1-3-4-5-6-7-8-9-26-41(47-32-29-27-31(2)28-30-32)46-44-39-24-16-12-20-35(39)33-18-10-14-22-37(33)42(44)43-38-23-15-11-19-34(38)36-21-13-17-25-40(36)45(43)46/h10-25,27-30,41,46H,3-9,26H2,1-2H3. The van der Waals surface area contributed by atoms with Crippen molar-refractivity contribution in [1.82, 2.24) is 0 Å². The van der Waals surface area contributed by atoms with Crippen molar-refractivity contribution < 1.29 is 4.74 Å². The Bertz CT molecular complexity index is 2080. The molecule has 0 spiro atoms. The van der Waals surface area contributed by atoms with E-state index in [2.05, 4.69) is 135 Å². The van der Waals surface area contributed by atoms with Crippen LogP contribution in [0.5, 0.6) is 5.75 Å². The molecule has 1 atom stereocenters. The summed E-state index contributed by atoms with van der Waals surface area (Å²) in [4.78, 5) is 0. The van der Waals surface area contributed by atoms with Gasteiger partial charge in [0.25, 0.3) is 0 Å². The van der Waals surface area contributed by atoms with Crippen molar-refractivity contribution in [3.8, 4) is 16.9 Å². The summed E-state index contributed by atoms with van der Waals surface area (Å²) in [5.74, 6) is 1.07. The topological polar surface area (TPSA) is 9.23 Å². The summed E-state index contributed by atoms with van der Waals surface area (Å²) in [6.07, 6.45) is 10.1. The minimum Gasteiger partial charge on any atom is -0.489 e. The lowest BCUT2D eigenvalue weighted by Gasteiger charge is -2.29. The molecule has 0 amide bonds. The number of hydrogen-bond donors (Lipinski definition) is 0. The second-order valence-electron chi connectivity index (χ2n) is 13.6. The summed E-state index contributed by atoms with van der Waals surface area (Å²) in [5.41, 5.74) is 6.94. The molecule has 1 aliphatic rings. The van der Waals surface area contributed by atoms with Gasteiger partial charge >= 0.3 is 0 Å². The molecule has 0 saturated heterocycles. The molecule has 0 N–H and O–H groups in total. The Morgan fingerprint density at radius 1 is 0.468 bits per heavy atom. The van der Waals surface area contributed by atoms with Crippen LogP contribution in [0.4, 0.5) is 0 Å². The van der Waals surface area contributed by atoms with E-state index in [1.807, 2.05) is 0 Å². The molecule has 1 aliphatic carbocycles. The Morgan fingerprint density at radius 2 is 0.872 bits per heavy atom. The SMILES string of the molecule is CCCCCCCCCC(Oc1ccc(C)cc1)C1c2c(c3ccccc3c3ccccc23)-c2c1c1ccccc1c1ccccc21. The van der Waals surface area contributed by atoms with Gasteiger partial charge in [-0.3, -0.25) is 0 Å². The fourth-order valence-corrected chi connectivity index (χ4v) is 8.43. The first-order chi connectivity index (χ1) is 23.2. The van der Waals surface area contributed by atoms with E-state index in [1.165, 1.54) is 116 Å². The third kappa shape index (κ3) is 5.27. The second kappa shape index (κ2) is 12.9. The van der Waals surface area contributed by atoms with Crippen molar-refractivity contribution in [1.29, 1.82) is 0 Å². The van der Waals surface area contributed by atoms with Crippen LogP contribution >= 0.6 is 0 Å². The average Bonchev–Trinajstić information content (AvgIpc) is 3.49. The Hall–Kier alpha value is -4.62. The molecule has 0 aliphatic heterocycles. The molecule has 1 unspecified atom stereocenters. The number of aryl methyl sites for hydroxylation is 1. The molecular weight excluding hydrogens is 569 g/mol. The van der Waals surface area contributed by atoms with Gasteiger partial charge in [0.05, 0.1) is 0 Å². The zero-order valence-electron chi connectivity index (χ0n) is 27.8. The first-order valence-electron chi connectivity index (χ1n) is 17.8. The average molecular weight is 613 g/mol. The predicted molar refractivity (Wildman–Crippen MR) is 202 cm³/mol. The van der Waals surface area contributed by atoms with Gasteiger partial charge in [0.2, 0.25) is 0 Å². The van der Waals surface area contributed by atoms with Crippen LogP contribution in [-0.2, 0) is 0 Å². The highest BCUT2D eigenvalue weighted by molar-refractivity contribution is 6.25. The van der Waals surface area contributed by atoms with E-state index in [4.69, 9.17) is 4.74 Å². The Labute approximate surface area is 279 Å². The van der Waals surface area contributed by atoms with E-state index in [9.17, 15) is 0 Å². The highest BCUT2D eigenvalue weighted by Crippen LogP contribution is 2.58. The Morgan fingerprint density at radius 3 is 1.36 bits per heavy atom. The van der Waals surface area contributed by atoms with Gasteiger partial charge in [0.1, 0.15) is 11.9 Å². The van der Waals surface area contributed by atoms with E-state index in [1.54, 1.807) is 0 Å². The molecule has 0 aromatic heterocycles. The zero-order chi connectivity index (χ0) is 31.7. The smallest absolute Gasteiger partial charge is 0.119 e. The fraction of sp³-hybridized carbons (Fsp3) is 0.261. The summed E-state index contributed by atoms with van der Waals surface area (Å²) in [5, 5.41) is 10.7. The van der Waals surface area contributed by atoms with Crippen LogP contribution in [-0.4, -0.2) is 6.10 Å². The number of rotatable bonds is 11. The van der Waals surface area contributed by atoms with E-state index >= 15 is 0 Å². The normalized spacial score (nSPS) is 13.4.